The van der Waals surface area contributed by atoms with E-state index in [1.54, 1.807) is 12.1 Å². The average Bonchev–Trinajstić information content (AvgIpc) is 3.07. The summed E-state index contributed by atoms with van der Waals surface area (Å²) in [7, 11) is 0. The van der Waals surface area contributed by atoms with Crippen molar-refractivity contribution in [1.82, 2.24) is 4.90 Å². The van der Waals surface area contributed by atoms with Crippen LogP contribution in [0.15, 0.2) is 18.2 Å². The molecule has 1 saturated carbocycles. The van der Waals surface area contributed by atoms with Gasteiger partial charge in [0.1, 0.15) is 11.4 Å². The van der Waals surface area contributed by atoms with Crippen LogP contribution in [0.5, 0.6) is 0 Å². The molecule has 1 aliphatic carbocycles. The van der Waals surface area contributed by atoms with Crippen molar-refractivity contribution in [2.75, 3.05) is 18.4 Å². The molecule has 0 bridgehead atoms. The van der Waals surface area contributed by atoms with Crippen molar-refractivity contribution >= 4 is 23.2 Å². The fraction of sp³-hybridized carbons (Fsp3) is 0.588. The maximum Gasteiger partial charge on any atom is 0.248 e. The second-order valence-electron chi connectivity index (χ2n) is 6.67. The third-order valence-corrected chi connectivity index (χ3v) is 5.28. The Morgan fingerprint density at radius 3 is 2.57 bits per heavy atom. The minimum absolute atomic E-state index is 0.0614. The van der Waals surface area contributed by atoms with Crippen LogP contribution in [0, 0.1) is 5.82 Å². The van der Waals surface area contributed by atoms with Crippen LogP contribution in [-0.4, -0.2) is 35.5 Å². The SMILES string of the molecule is NC1CCC(Nc2ccc(F)c(Cl)c2)(C(=O)N2CCCC2)CC1. The van der Waals surface area contributed by atoms with Gasteiger partial charge in [-0.1, -0.05) is 11.6 Å². The molecular weight excluding hydrogens is 317 g/mol. The Kier molecular flexibility index (Phi) is 4.78. The van der Waals surface area contributed by atoms with Crippen molar-refractivity contribution in [2.45, 2.75) is 50.1 Å². The lowest BCUT2D eigenvalue weighted by Gasteiger charge is -2.41. The zero-order valence-electron chi connectivity index (χ0n) is 13.2. The Bertz CT molecular complexity index is 581. The third-order valence-electron chi connectivity index (χ3n) is 4.99. The minimum atomic E-state index is -0.651. The van der Waals surface area contributed by atoms with E-state index in [9.17, 15) is 9.18 Å². The van der Waals surface area contributed by atoms with Crippen molar-refractivity contribution < 1.29 is 9.18 Å². The van der Waals surface area contributed by atoms with E-state index in [0.717, 1.165) is 38.8 Å². The smallest absolute Gasteiger partial charge is 0.248 e. The highest BCUT2D eigenvalue weighted by atomic mass is 35.5. The number of nitrogens with zero attached hydrogens (tertiary/aromatic N) is 1. The van der Waals surface area contributed by atoms with Gasteiger partial charge in [0.05, 0.1) is 5.02 Å². The number of likely N-dealkylation sites (tertiary alicyclic amines) is 1. The first kappa shape index (κ1) is 16.5. The van der Waals surface area contributed by atoms with Crippen LogP contribution in [0.25, 0.3) is 0 Å². The predicted octanol–water partition coefficient (Wildman–Crippen LogP) is 3.15. The number of nitrogens with one attached hydrogen (secondary N) is 1. The van der Waals surface area contributed by atoms with Gasteiger partial charge in [0, 0.05) is 24.8 Å². The number of carbonyl (C=O) groups is 1. The molecule has 126 valence electrons. The summed E-state index contributed by atoms with van der Waals surface area (Å²) in [6, 6.07) is 4.65. The minimum Gasteiger partial charge on any atom is -0.371 e. The molecule has 0 radical (unpaired) electrons. The maximum atomic E-state index is 13.4. The lowest BCUT2D eigenvalue weighted by molar-refractivity contribution is -0.136. The van der Waals surface area contributed by atoms with E-state index in [-0.39, 0.29) is 17.0 Å². The Hall–Kier alpha value is -1.33. The van der Waals surface area contributed by atoms with E-state index in [2.05, 4.69) is 5.32 Å². The van der Waals surface area contributed by atoms with Gasteiger partial charge in [-0.2, -0.15) is 0 Å². The van der Waals surface area contributed by atoms with Crippen molar-refractivity contribution in [3.8, 4) is 0 Å². The van der Waals surface area contributed by atoms with E-state index in [0.29, 0.717) is 18.5 Å². The molecule has 0 atom stereocenters. The molecule has 1 aliphatic heterocycles. The monoisotopic (exact) mass is 339 g/mol. The lowest BCUT2D eigenvalue weighted by atomic mass is 9.78. The van der Waals surface area contributed by atoms with Crippen LogP contribution >= 0.6 is 11.6 Å². The molecule has 3 rings (SSSR count). The average molecular weight is 340 g/mol. The van der Waals surface area contributed by atoms with Crippen LogP contribution in [0.4, 0.5) is 10.1 Å². The zero-order valence-corrected chi connectivity index (χ0v) is 13.9. The van der Waals surface area contributed by atoms with Gasteiger partial charge in [0.2, 0.25) is 5.91 Å². The molecule has 0 aromatic heterocycles. The first-order chi connectivity index (χ1) is 11.0. The van der Waals surface area contributed by atoms with Crippen molar-refractivity contribution in [3.63, 3.8) is 0 Å². The number of halogens is 2. The van der Waals surface area contributed by atoms with Gasteiger partial charge < -0.3 is 16.0 Å². The van der Waals surface area contributed by atoms with Crippen LogP contribution in [-0.2, 0) is 4.79 Å². The first-order valence-corrected chi connectivity index (χ1v) is 8.66. The second kappa shape index (κ2) is 6.65. The summed E-state index contributed by atoms with van der Waals surface area (Å²) in [4.78, 5) is 15.0. The van der Waals surface area contributed by atoms with E-state index < -0.39 is 11.4 Å². The molecule has 6 heteroatoms. The lowest BCUT2D eigenvalue weighted by Crippen LogP contribution is -2.56. The zero-order chi connectivity index (χ0) is 16.4. The van der Waals surface area contributed by atoms with Crippen LogP contribution in [0.3, 0.4) is 0 Å². The summed E-state index contributed by atoms with van der Waals surface area (Å²) in [6.07, 6.45) is 5.12. The molecule has 1 amide bonds. The molecule has 0 unspecified atom stereocenters. The van der Waals surface area contributed by atoms with Gasteiger partial charge in [0.15, 0.2) is 0 Å². The molecule has 1 aromatic rings. The summed E-state index contributed by atoms with van der Waals surface area (Å²) < 4.78 is 13.4. The van der Waals surface area contributed by atoms with E-state index >= 15 is 0 Å². The molecule has 23 heavy (non-hydrogen) atoms. The number of hydrogen-bond acceptors (Lipinski definition) is 3. The molecule has 3 N–H and O–H groups in total. The maximum absolute atomic E-state index is 13.4. The molecular formula is C17H23ClFN3O. The topological polar surface area (TPSA) is 58.4 Å². The molecule has 1 aromatic carbocycles. The number of anilines is 1. The van der Waals surface area contributed by atoms with Gasteiger partial charge >= 0.3 is 0 Å². The molecule has 2 aliphatic rings. The number of carbonyl (C=O) groups excluding carboxylic acids is 1. The number of rotatable bonds is 3. The quantitative estimate of drug-likeness (QED) is 0.889. The number of nitrogens with two attached hydrogens (primary N) is 1. The highest BCUT2D eigenvalue weighted by Gasteiger charge is 2.44. The fourth-order valence-corrected chi connectivity index (χ4v) is 3.78. The Morgan fingerprint density at radius 1 is 1.30 bits per heavy atom. The largest absolute Gasteiger partial charge is 0.371 e. The van der Waals surface area contributed by atoms with E-state index in [1.165, 1.54) is 6.07 Å². The van der Waals surface area contributed by atoms with Gasteiger partial charge in [-0.3, -0.25) is 4.79 Å². The predicted molar refractivity (Wildman–Crippen MR) is 90.0 cm³/mol. The van der Waals surface area contributed by atoms with Crippen LogP contribution in [0.2, 0.25) is 5.02 Å². The molecule has 4 nitrogen and oxygen atoms in total. The highest BCUT2D eigenvalue weighted by Crippen LogP contribution is 2.35. The number of amides is 1. The highest BCUT2D eigenvalue weighted by molar-refractivity contribution is 6.31. The third kappa shape index (κ3) is 3.45. The Balaban J connectivity index is 1.85. The Labute approximate surface area is 141 Å². The van der Waals surface area contributed by atoms with Crippen molar-refractivity contribution in [2.24, 2.45) is 5.73 Å². The number of hydrogen-bond donors (Lipinski definition) is 2. The fourth-order valence-electron chi connectivity index (χ4n) is 3.60. The van der Waals surface area contributed by atoms with Gasteiger partial charge in [-0.05, 0) is 56.7 Å². The number of benzene rings is 1. The van der Waals surface area contributed by atoms with E-state index in [1.807, 2.05) is 4.90 Å². The van der Waals surface area contributed by atoms with Crippen LogP contribution < -0.4 is 11.1 Å². The van der Waals surface area contributed by atoms with Gasteiger partial charge in [0.25, 0.3) is 0 Å². The second-order valence-corrected chi connectivity index (χ2v) is 7.08. The van der Waals surface area contributed by atoms with Crippen molar-refractivity contribution in [1.29, 1.82) is 0 Å². The van der Waals surface area contributed by atoms with E-state index in [4.69, 9.17) is 17.3 Å². The summed E-state index contributed by atoms with van der Waals surface area (Å²) >= 11 is 5.88. The molecule has 2 fully saturated rings. The first-order valence-electron chi connectivity index (χ1n) is 8.28. The van der Waals surface area contributed by atoms with Gasteiger partial charge in [-0.25, -0.2) is 4.39 Å². The summed E-state index contributed by atoms with van der Waals surface area (Å²) in [5, 5.41) is 3.42. The standard InChI is InChI=1S/C17H23ClFN3O/c18-14-11-13(3-4-15(14)19)21-17(7-5-12(20)6-8-17)16(23)22-9-1-2-10-22/h3-4,11-12,21H,1-2,5-10,20H2. The summed E-state index contributed by atoms with van der Waals surface area (Å²) in [6.45, 7) is 1.64. The molecule has 1 saturated heterocycles. The Morgan fingerprint density at radius 2 is 1.96 bits per heavy atom. The van der Waals surface area contributed by atoms with Gasteiger partial charge in [-0.15, -0.1) is 0 Å². The summed E-state index contributed by atoms with van der Waals surface area (Å²) in [5.41, 5.74) is 6.05. The normalized spacial score (nSPS) is 28.0. The molecule has 1 heterocycles. The van der Waals surface area contributed by atoms with Crippen LogP contribution in [0.1, 0.15) is 38.5 Å². The molecule has 0 spiro atoms. The summed E-state index contributed by atoms with van der Waals surface area (Å²) in [5.74, 6) is -0.315. The van der Waals surface area contributed by atoms with Crippen molar-refractivity contribution in [3.05, 3.63) is 29.0 Å².